The monoisotopic (exact) mass is 331 g/mol. The molecule has 0 radical (unpaired) electrons. The summed E-state index contributed by atoms with van der Waals surface area (Å²) in [4.78, 5) is 2.42. The predicted octanol–water partition coefficient (Wildman–Crippen LogP) is 6.86. The van der Waals surface area contributed by atoms with Gasteiger partial charge in [0.25, 0.3) is 0 Å². The summed E-state index contributed by atoms with van der Waals surface area (Å²) >= 11 is 0. The summed E-state index contributed by atoms with van der Waals surface area (Å²) in [5.74, 6) is 0. The topological polar surface area (TPSA) is 3.24 Å². The lowest BCUT2D eigenvalue weighted by Crippen LogP contribution is -2.18. The third-order valence-corrected chi connectivity index (χ3v) is 5.14. The number of hydrogen-bond donors (Lipinski definition) is 0. The van der Waals surface area contributed by atoms with E-state index in [9.17, 15) is 0 Å². The summed E-state index contributed by atoms with van der Waals surface area (Å²) in [6, 6.07) is 10.9. The first-order valence-electron chi connectivity index (χ1n) is 10.6. The van der Waals surface area contributed by atoms with E-state index in [-0.39, 0.29) is 0 Å². The maximum atomic E-state index is 2.42. The lowest BCUT2D eigenvalue weighted by Gasteiger charge is -2.12. The minimum absolute atomic E-state index is 1.19. The Balaban J connectivity index is 1.73. The van der Waals surface area contributed by atoms with Crippen molar-refractivity contribution in [3.63, 3.8) is 0 Å². The van der Waals surface area contributed by atoms with Gasteiger partial charge in [-0.2, -0.15) is 0 Å². The van der Waals surface area contributed by atoms with E-state index >= 15 is 0 Å². The molecule has 1 aromatic carbocycles. The molecule has 0 unspecified atom stereocenters. The van der Waals surface area contributed by atoms with Crippen LogP contribution >= 0.6 is 0 Å². The van der Waals surface area contributed by atoms with Crippen LogP contribution in [0.25, 0.3) is 0 Å². The largest absolute Gasteiger partial charge is 0.307 e. The van der Waals surface area contributed by atoms with Crippen molar-refractivity contribution in [3.8, 4) is 0 Å². The second kappa shape index (κ2) is 15.7. The number of nitrogens with zero attached hydrogens (tertiary/aromatic N) is 1. The average Bonchev–Trinajstić information content (AvgIpc) is 2.62. The Morgan fingerprint density at radius 2 is 1.08 bits per heavy atom. The lowest BCUT2D eigenvalue weighted by molar-refractivity contribution is 0.340. The standard InChI is InChI=1S/C23H41N/c1-3-24(2)22-18-13-11-9-7-5-4-6-8-10-12-15-19-23-20-16-14-17-21-23/h14,16-17,20-21H,3-13,15,18-19,22H2,1-2H3. The van der Waals surface area contributed by atoms with Gasteiger partial charge in [-0.25, -0.2) is 0 Å². The Morgan fingerprint density at radius 3 is 1.58 bits per heavy atom. The number of rotatable bonds is 16. The van der Waals surface area contributed by atoms with E-state index in [4.69, 9.17) is 0 Å². The maximum absolute atomic E-state index is 2.42. The van der Waals surface area contributed by atoms with Crippen LogP contribution < -0.4 is 0 Å². The van der Waals surface area contributed by atoms with E-state index in [1.54, 1.807) is 0 Å². The van der Waals surface area contributed by atoms with Crippen molar-refractivity contribution in [2.24, 2.45) is 0 Å². The van der Waals surface area contributed by atoms with E-state index < -0.39 is 0 Å². The molecular formula is C23H41N. The molecule has 0 heterocycles. The lowest BCUT2D eigenvalue weighted by atomic mass is 10.0. The molecule has 0 saturated heterocycles. The van der Waals surface area contributed by atoms with Crippen LogP contribution in [0.1, 0.15) is 89.5 Å². The van der Waals surface area contributed by atoms with E-state index in [0.717, 1.165) is 0 Å². The highest BCUT2D eigenvalue weighted by Crippen LogP contribution is 2.13. The van der Waals surface area contributed by atoms with E-state index in [1.807, 2.05) is 0 Å². The van der Waals surface area contributed by atoms with Crippen molar-refractivity contribution in [2.75, 3.05) is 20.1 Å². The molecule has 0 aromatic heterocycles. The Hall–Kier alpha value is -0.820. The van der Waals surface area contributed by atoms with Gasteiger partial charge < -0.3 is 4.90 Å². The highest BCUT2D eigenvalue weighted by molar-refractivity contribution is 5.14. The summed E-state index contributed by atoms with van der Waals surface area (Å²) in [6.45, 7) is 4.70. The fraction of sp³-hybridized carbons (Fsp3) is 0.739. The van der Waals surface area contributed by atoms with Crippen LogP contribution in [-0.2, 0) is 6.42 Å². The number of aryl methyl sites for hydroxylation is 1. The van der Waals surface area contributed by atoms with Crippen molar-refractivity contribution < 1.29 is 0 Å². The van der Waals surface area contributed by atoms with E-state index in [2.05, 4.69) is 49.2 Å². The first-order chi connectivity index (χ1) is 11.8. The molecule has 0 bridgehead atoms. The van der Waals surface area contributed by atoms with Gasteiger partial charge >= 0.3 is 0 Å². The first-order valence-corrected chi connectivity index (χ1v) is 10.6. The molecule has 0 saturated carbocycles. The van der Waals surface area contributed by atoms with Gasteiger partial charge in [-0.1, -0.05) is 101 Å². The Morgan fingerprint density at radius 1 is 0.625 bits per heavy atom. The van der Waals surface area contributed by atoms with Crippen molar-refractivity contribution in [3.05, 3.63) is 35.9 Å². The third-order valence-electron chi connectivity index (χ3n) is 5.14. The molecule has 0 aliphatic carbocycles. The fourth-order valence-electron chi connectivity index (χ4n) is 3.28. The van der Waals surface area contributed by atoms with Gasteiger partial charge in [0.05, 0.1) is 0 Å². The van der Waals surface area contributed by atoms with Gasteiger partial charge in [0, 0.05) is 0 Å². The minimum atomic E-state index is 1.19. The average molecular weight is 332 g/mol. The normalized spacial score (nSPS) is 11.3. The van der Waals surface area contributed by atoms with Crippen molar-refractivity contribution in [1.29, 1.82) is 0 Å². The van der Waals surface area contributed by atoms with E-state index in [0.29, 0.717) is 0 Å². The molecule has 24 heavy (non-hydrogen) atoms. The quantitative estimate of drug-likeness (QED) is 0.299. The molecule has 0 aliphatic rings. The molecule has 0 atom stereocenters. The molecule has 138 valence electrons. The molecule has 0 N–H and O–H groups in total. The van der Waals surface area contributed by atoms with Gasteiger partial charge in [0.15, 0.2) is 0 Å². The summed E-state index contributed by atoms with van der Waals surface area (Å²) in [6.07, 6.45) is 18.4. The Labute approximate surface area is 151 Å². The summed E-state index contributed by atoms with van der Waals surface area (Å²) in [7, 11) is 2.22. The van der Waals surface area contributed by atoms with Crippen LogP contribution in [0.15, 0.2) is 30.3 Å². The van der Waals surface area contributed by atoms with Crippen LogP contribution in [0.3, 0.4) is 0 Å². The van der Waals surface area contributed by atoms with E-state index in [1.165, 1.54) is 102 Å². The maximum Gasteiger partial charge on any atom is -0.00219 e. The van der Waals surface area contributed by atoms with Crippen LogP contribution in [0.2, 0.25) is 0 Å². The van der Waals surface area contributed by atoms with Gasteiger partial charge in [0.1, 0.15) is 0 Å². The summed E-state index contributed by atoms with van der Waals surface area (Å²) < 4.78 is 0. The highest BCUT2D eigenvalue weighted by atomic mass is 15.1. The molecule has 1 nitrogen and oxygen atoms in total. The van der Waals surface area contributed by atoms with Crippen molar-refractivity contribution in [1.82, 2.24) is 4.90 Å². The SMILES string of the molecule is CCN(C)CCCCCCCCCCCCCCc1ccccc1. The van der Waals surface area contributed by atoms with Crippen LogP contribution in [0.4, 0.5) is 0 Å². The second-order valence-corrected chi connectivity index (χ2v) is 7.37. The second-order valence-electron chi connectivity index (χ2n) is 7.37. The zero-order valence-electron chi connectivity index (χ0n) is 16.4. The van der Waals surface area contributed by atoms with Gasteiger partial charge in [0.2, 0.25) is 0 Å². The van der Waals surface area contributed by atoms with Crippen molar-refractivity contribution >= 4 is 0 Å². The molecule has 1 heteroatoms. The van der Waals surface area contributed by atoms with Crippen LogP contribution in [0.5, 0.6) is 0 Å². The van der Waals surface area contributed by atoms with Gasteiger partial charge in [-0.15, -0.1) is 0 Å². The molecule has 1 rings (SSSR count). The smallest absolute Gasteiger partial charge is 0.00219 e. The van der Waals surface area contributed by atoms with Crippen molar-refractivity contribution in [2.45, 2.75) is 90.4 Å². The zero-order chi connectivity index (χ0) is 17.3. The molecule has 0 amide bonds. The van der Waals surface area contributed by atoms with Crippen LogP contribution in [-0.4, -0.2) is 25.0 Å². The Bertz CT molecular complexity index is 360. The van der Waals surface area contributed by atoms with Crippen LogP contribution in [0, 0.1) is 0 Å². The number of hydrogen-bond acceptors (Lipinski definition) is 1. The predicted molar refractivity (Wildman–Crippen MR) is 109 cm³/mol. The molecule has 0 fully saturated rings. The third kappa shape index (κ3) is 12.6. The van der Waals surface area contributed by atoms with Gasteiger partial charge in [-0.3, -0.25) is 0 Å². The molecular weight excluding hydrogens is 290 g/mol. The molecule has 0 aliphatic heterocycles. The summed E-state index contributed by atoms with van der Waals surface area (Å²) in [5.41, 5.74) is 1.50. The minimum Gasteiger partial charge on any atom is -0.307 e. The number of unbranched alkanes of at least 4 members (excludes halogenated alkanes) is 11. The fourth-order valence-corrected chi connectivity index (χ4v) is 3.28. The first kappa shape index (κ1) is 21.2. The Kier molecular flexibility index (Phi) is 13.9. The highest BCUT2D eigenvalue weighted by Gasteiger charge is 1.96. The molecule has 0 spiro atoms. The van der Waals surface area contributed by atoms with Gasteiger partial charge in [-0.05, 0) is 45.0 Å². The number of benzene rings is 1. The summed E-state index contributed by atoms with van der Waals surface area (Å²) in [5, 5.41) is 0. The molecule has 1 aromatic rings. The zero-order valence-corrected chi connectivity index (χ0v) is 16.4.